The second-order valence-electron chi connectivity index (χ2n) is 4.77. The van der Waals surface area contributed by atoms with Crippen LogP contribution in [-0.4, -0.2) is 24.2 Å². The molecule has 1 atom stereocenters. The third-order valence-electron chi connectivity index (χ3n) is 3.26. The molecule has 1 saturated heterocycles. The summed E-state index contributed by atoms with van der Waals surface area (Å²) < 4.78 is 5.40. The molecular weight excluding hydrogens is 232 g/mol. The van der Waals surface area contributed by atoms with E-state index in [9.17, 15) is 10.1 Å². The van der Waals surface area contributed by atoms with E-state index in [1.165, 1.54) is 0 Å². The molecule has 0 bridgehead atoms. The Labute approximate surface area is 106 Å². The Morgan fingerprint density at radius 1 is 1.39 bits per heavy atom. The van der Waals surface area contributed by atoms with Gasteiger partial charge in [-0.2, -0.15) is 0 Å². The van der Waals surface area contributed by atoms with Gasteiger partial charge in [0.25, 0.3) is 5.69 Å². The molecule has 5 heteroatoms. The van der Waals surface area contributed by atoms with E-state index in [2.05, 4.69) is 5.32 Å². The fourth-order valence-corrected chi connectivity index (χ4v) is 2.27. The van der Waals surface area contributed by atoms with Crippen LogP contribution in [-0.2, 0) is 4.74 Å². The Morgan fingerprint density at radius 2 is 2.17 bits per heavy atom. The maximum absolute atomic E-state index is 10.9. The number of anilines is 1. The van der Waals surface area contributed by atoms with Crippen molar-refractivity contribution < 1.29 is 9.66 Å². The number of hydrogen-bond acceptors (Lipinski definition) is 4. The summed E-state index contributed by atoms with van der Waals surface area (Å²) in [5.41, 5.74) is 2.73. The highest BCUT2D eigenvalue weighted by Crippen LogP contribution is 2.27. The largest absolute Gasteiger partial charge is 0.380 e. The minimum absolute atomic E-state index is 0.167. The molecule has 1 fully saturated rings. The summed E-state index contributed by atoms with van der Waals surface area (Å²) in [6, 6.07) is 3.73. The molecule has 0 aliphatic carbocycles. The molecule has 18 heavy (non-hydrogen) atoms. The lowest BCUT2D eigenvalue weighted by molar-refractivity contribution is -0.385. The number of nitro benzene ring substituents is 1. The molecule has 1 aromatic carbocycles. The highest BCUT2D eigenvalue weighted by atomic mass is 16.6. The van der Waals surface area contributed by atoms with E-state index in [0.717, 1.165) is 30.7 Å². The highest BCUT2D eigenvalue weighted by molar-refractivity contribution is 5.60. The van der Waals surface area contributed by atoms with E-state index in [4.69, 9.17) is 4.74 Å². The topological polar surface area (TPSA) is 64.4 Å². The maximum atomic E-state index is 10.9. The number of aryl methyl sites for hydroxylation is 2. The van der Waals surface area contributed by atoms with Gasteiger partial charge in [0.05, 0.1) is 11.5 Å². The van der Waals surface area contributed by atoms with E-state index in [1.807, 2.05) is 13.0 Å². The molecule has 0 radical (unpaired) electrons. The monoisotopic (exact) mass is 250 g/mol. The number of hydrogen-bond donors (Lipinski definition) is 1. The van der Waals surface area contributed by atoms with Crippen LogP contribution in [0.4, 0.5) is 11.4 Å². The SMILES string of the molecule is Cc1cc(C)c([N+](=O)[O-])cc1NC1CCCOC1. The molecule has 1 aromatic rings. The van der Waals surface area contributed by atoms with E-state index >= 15 is 0 Å². The Morgan fingerprint density at radius 3 is 2.78 bits per heavy atom. The number of nitro groups is 1. The standard InChI is InChI=1S/C13H18N2O3/c1-9-6-10(2)13(15(16)17)7-12(9)14-11-4-3-5-18-8-11/h6-7,11,14H,3-5,8H2,1-2H3. The number of benzene rings is 1. The Balaban J connectivity index is 2.21. The van der Waals surface area contributed by atoms with Gasteiger partial charge in [-0.25, -0.2) is 0 Å². The van der Waals surface area contributed by atoms with Gasteiger partial charge >= 0.3 is 0 Å². The normalized spacial score (nSPS) is 19.6. The van der Waals surface area contributed by atoms with Crippen molar-refractivity contribution in [2.45, 2.75) is 32.7 Å². The quantitative estimate of drug-likeness (QED) is 0.661. The molecule has 2 rings (SSSR count). The summed E-state index contributed by atoms with van der Waals surface area (Å²) in [6.45, 7) is 5.20. The summed E-state index contributed by atoms with van der Waals surface area (Å²) >= 11 is 0. The van der Waals surface area contributed by atoms with Crippen molar-refractivity contribution in [2.75, 3.05) is 18.5 Å². The predicted octanol–water partition coefficient (Wildman–Crippen LogP) is 2.80. The van der Waals surface area contributed by atoms with Gasteiger partial charge in [0.2, 0.25) is 0 Å². The minimum Gasteiger partial charge on any atom is -0.380 e. The molecule has 98 valence electrons. The van der Waals surface area contributed by atoms with Gasteiger partial charge < -0.3 is 10.1 Å². The van der Waals surface area contributed by atoms with E-state index in [1.54, 1.807) is 13.0 Å². The van der Waals surface area contributed by atoms with E-state index in [-0.39, 0.29) is 16.7 Å². The van der Waals surface area contributed by atoms with E-state index in [0.29, 0.717) is 12.2 Å². The zero-order valence-electron chi connectivity index (χ0n) is 10.7. The maximum Gasteiger partial charge on any atom is 0.274 e. The van der Waals surface area contributed by atoms with Crippen molar-refractivity contribution >= 4 is 11.4 Å². The lowest BCUT2D eigenvalue weighted by atomic mass is 10.1. The summed E-state index contributed by atoms with van der Waals surface area (Å²) in [5.74, 6) is 0. The third-order valence-corrected chi connectivity index (χ3v) is 3.26. The molecule has 0 amide bonds. The molecule has 1 aliphatic heterocycles. The molecule has 0 spiro atoms. The number of rotatable bonds is 3. The van der Waals surface area contributed by atoms with Crippen molar-refractivity contribution in [3.05, 3.63) is 33.4 Å². The van der Waals surface area contributed by atoms with Gasteiger partial charge in [-0.05, 0) is 38.3 Å². The van der Waals surface area contributed by atoms with Gasteiger partial charge in [-0.3, -0.25) is 10.1 Å². The first-order chi connectivity index (χ1) is 8.58. The lowest BCUT2D eigenvalue weighted by Gasteiger charge is -2.25. The van der Waals surface area contributed by atoms with Crippen LogP contribution in [0.15, 0.2) is 12.1 Å². The predicted molar refractivity (Wildman–Crippen MR) is 70.0 cm³/mol. The average Bonchev–Trinajstić information content (AvgIpc) is 2.33. The van der Waals surface area contributed by atoms with Crippen LogP contribution < -0.4 is 5.32 Å². The molecule has 0 saturated carbocycles. The third kappa shape index (κ3) is 2.79. The second-order valence-corrected chi connectivity index (χ2v) is 4.77. The van der Waals surface area contributed by atoms with Crippen LogP contribution in [0.2, 0.25) is 0 Å². The summed E-state index contributed by atoms with van der Waals surface area (Å²) in [6.07, 6.45) is 2.08. The molecule has 1 heterocycles. The molecule has 1 unspecified atom stereocenters. The first-order valence-corrected chi connectivity index (χ1v) is 6.18. The number of nitrogens with one attached hydrogen (secondary N) is 1. The Bertz CT molecular complexity index is 454. The van der Waals surface area contributed by atoms with Crippen molar-refractivity contribution in [3.8, 4) is 0 Å². The minimum atomic E-state index is -0.336. The van der Waals surface area contributed by atoms with Gasteiger partial charge in [0.15, 0.2) is 0 Å². The smallest absolute Gasteiger partial charge is 0.274 e. The Kier molecular flexibility index (Phi) is 3.81. The molecule has 0 aromatic heterocycles. The van der Waals surface area contributed by atoms with Crippen LogP contribution in [0.3, 0.4) is 0 Å². The van der Waals surface area contributed by atoms with Crippen LogP contribution in [0.25, 0.3) is 0 Å². The van der Waals surface area contributed by atoms with Crippen LogP contribution in [0, 0.1) is 24.0 Å². The zero-order chi connectivity index (χ0) is 13.1. The number of nitrogens with zero attached hydrogens (tertiary/aromatic N) is 1. The van der Waals surface area contributed by atoms with Crippen molar-refractivity contribution in [1.29, 1.82) is 0 Å². The second kappa shape index (κ2) is 5.35. The molecule has 1 N–H and O–H groups in total. The van der Waals surface area contributed by atoms with Gasteiger partial charge in [0.1, 0.15) is 0 Å². The van der Waals surface area contributed by atoms with Crippen molar-refractivity contribution in [3.63, 3.8) is 0 Å². The van der Waals surface area contributed by atoms with Gasteiger partial charge in [-0.1, -0.05) is 0 Å². The molecule has 5 nitrogen and oxygen atoms in total. The Hall–Kier alpha value is -1.62. The van der Waals surface area contributed by atoms with Gasteiger partial charge in [-0.15, -0.1) is 0 Å². The first-order valence-electron chi connectivity index (χ1n) is 6.18. The highest BCUT2D eigenvalue weighted by Gasteiger charge is 2.18. The lowest BCUT2D eigenvalue weighted by Crippen LogP contribution is -2.30. The fourth-order valence-electron chi connectivity index (χ4n) is 2.27. The summed E-state index contributed by atoms with van der Waals surface area (Å²) in [4.78, 5) is 10.6. The van der Waals surface area contributed by atoms with Crippen molar-refractivity contribution in [1.82, 2.24) is 0 Å². The first kappa shape index (κ1) is 12.8. The van der Waals surface area contributed by atoms with E-state index < -0.39 is 0 Å². The molecular formula is C13H18N2O3. The fraction of sp³-hybridized carbons (Fsp3) is 0.538. The van der Waals surface area contributed by atoms with Crippen LogP contribution >= 0.6 is 0 Å². The van der Waals surface area contributed by atoms with Crippen LogP contribution in [0.1, 0.15) is 24.0 Å². The van der Waals surface area contributed by atoms with Crippen molar-refractivity contribution in [2.24, 2.45) is 0 Å². The van der Waals surface area contributed by atoms with Gasteiger partial charge in [0, 0.05) is 30.0 Å². The summed E-state index contributed by atoms with van der Waals surface area (Å²) in [5, 5.41) is 14.3. The van der Waals surface area contributed by atoms with Crippen LogP contribution in [0.5, 0.6) is 0 Å². The average molecular weight is 250 g/mol. The number of ether oxygens (including phenoxy) is 1. The summed E-state index contributed by atoms with van der Waals surface area (Å²) in [7, 11) is 0. The zero-order valence-corrected chi connectivity index (χ0v) is 10.7. The molecule has 1 aliphatic rings.